The van der Waals surface area contributed by atoms with Crippen LogP contribution in [-0.4, -0.2) is 41.4 Å². The molecule has 4 nitrogen and oxygen atoms in total. The van der Waals surface area contributed by atoms with Gasteiger partial charge in [0.25, 0.3) is 0 Å². The van der Waals surface area contributed by atoms with Gasteiger partial charge in [0.1, 0.15) is 11.5 Å². The van der Waals surface area contributed by atoms with Crippen LogP contribution in [0.4, 0.5) is 0 Å². The van der Waals surface area contributed by atoms with Gasteiger partial charge in [0.15, 0.2) is 0 Å². The molecule has 1 saturated carbocycles. The van der Waals surface area contributed by atoms with Crippen LogP contribution in [0.25, 0.3) is 0 Å². The third-order valence-corrected chi connectivity index (χ3v) is 6.09. The Hall–Kier alpha value is -1.55. The molecule has 4 heteroatoms. The maximum Gasteiger partial charge on any atom is 0.237 e. The lowest BCUT2D eigenvalue weighted by molar-refractivity contribution is -0.134. The quantitative estimate of drug-likeness (QED) is 0.762. The van der Waals surface area contributed by atoms with Crippen LogP contribution in [0.5, 0.6) is 0 Å². The predicted octanol–water partition coefficient (Wildman–Crippen LogP) is 3.90. The number of likely N-dealkylation sites (tertiary alicyclic amines) is 1. The maximum absolute atomic E-state index is 13.0. The van der Waals surface area contributed by atoms with Crippen LogP contribution in [0.15, 0.2) is 28.7 Å². The molecule has 4 rings (SSSR count). The van der Waals surface area contributed by atoms with Crippen molar-refractivity contribution in [2.24, 2.45) is 5.41 Å². The summed E-state index contributed by atoms with van der Waals surface area (Å²) < 4.78 is 5.71. The van der Waals surface area contributed by atoms with Crippen molar-refractivity contribution in [2.75, 3.05) is 19.6 Å². The molecule has 1 aromatic heterocycles. The van der Waals surface area contributed by atoms with Gasteiger partial charge in [-0.05, 0) is 76.0 Å². The van der Waals surface area contributed by atoms with Crippen molar-refractivity contribution in [3.8, 4) is 0 Å². The predicted molar refractivity (Wildman–Crippen MR) is 98.1 cm³/mol. The first-order chi connectivity index (χ1) is 12.1. The summed E-state index contributed by atoms with van der Waals surface area (Å²) in [5.74, 6) is 2.10. The Morgan fingerprint density at radius 1 is 1.32 bits per heavy atom. The highest BCUT2D eigenvalue weighted by atomic mass is 16.3. The van der Waals surface area contributed by atoms with Crippen molar-refractivity contribution in [1.82, 2.24) is 9.80 Å². The Balaban J connectivity index is 1.38. The summed E-state index contributed by atoms with van der Waals surface area (Å²) in [5.41, 5.74) is 0.426. The number of aryl methyl sites for hydroxylation is 1. The van der Waals surface area contributed by atoms with E-state index in [1.807, 2.05) is 19.1 Å². The summed E-state index contributed by atoms with van der Waals surface area (Å²) in [4.78, 5) is 17.5. The highest BCUT2D eigenvalue weighted by Gasteiger charge is 2.38. The topological polar surface area (TPSA) is 36.7 Å². The monoisotopic (exact) mass is 342 g/mol. The molecule has 2 heterocycles. The molecule has 0 bridgehead atoms. The normalized spacial score (nSPS) is 26.9. The van der Waals surface area contributed by atoms with E-state index in [4.69, 9.17) is 4.42 Å². The van der Waals surface area contributed by atoms with Gasteiger partial charge in [-0.1, -0.05) is 12.2 Å². The molecule has 1 aliphatic heterocycles. The highest BCUT2D eigenvalue weighted by Crippen LogP contribution is 2.40. The van der Waals surface area contributed by atoms with Crippen molar-refractivity contribution in [1.29, 1.82) is 0 Å². The van der Waals surface area contributed by atoms with E-state index in [-0.39, 0.29) is 5.91 Å². The van der Waals surface area contributed by atoms with Crippen LogP contribution in [-0.2, 0) is 11.3 Å². The van der Waals surface area contributed by atoms with E-state index in [2.05, 4.69) is 22.0 Å². The molecule has 2 fully saturated rings. The van der Waals surface area contributed by atoms with Crippen molar-refractivity contribution < 1.29 is 9.21 Å². The van der Waals surface area contributed by atoms with Gasteiger partial charge in [-0.3, -0.25) is 9.69 Å². The zero-order chi connectivity index (χ0) is 17.3. The largest absolute Gasteiger partial charge is 0.464 e. The van der Waals surface area contributed by atoms with Gasteiger partial charge in [-0.2, -0.15) is 0 Å². The first-order valence-electron chi connectivity index (χ1n) is 9.86. The Labute approximate surface area is 150 Å². The molecule has 3 aliphatic rings. The minimum Gasteiger partial charge on any atom is -0.464 e. The van der Waals surface area contributed by atoms with Gasteiger partial charge in [0.2, 0.25) is 5.91 Å². The van der Waals surface area contributed by atoms with E-state index in [0.717, 1.165) is 37.5 Å². The van der Waals surface area contributed by atoms with Crippen LogP contribution in [0, 0.1) is 12.3 Å². The molecule has 136 valence electrons. The number of furan rings is 1. The maximum atomic E-state index is 13.0. The molecule has 0 aromatic carbocycles. The molecule has 0 radical (unpaired) electrons. The van der Waals surface area contributed by atoms with E-state index < -0.39 is 0 Å². The fourth-order valence-corrected chi connectivity index (χ4v) is 4.59. The number of amides is 1. The smallest absolute Gasteiger partial charge is 0.237 e. The van der Waals surface area contributed by atoms with E-state index in [1.165, 1.54) is 32.1 Å². The van der Waals surface area contributed by atoms with Crippen molar-refractivity contribution in [2.45, 2.75) is 64.5 Å². The molecule has 1 saturated heterocycles. The number of rotatable bonds is 5. The molecule has 1 spiro atoms. The molecule has 0 N–H and O–H groups in total. The van der Waals surface area contributed by atoms with Crippen LogP contribution in [0.3, 0.4) is 0 Å². The minimum absolute atomic E-state index is 0.278. The third kappa shape index (κ3) is 4.00. The molecule has 2 aliphatic carbocycles. The number of carbonyl (C=O) groups excluding carboxylic acids is 1. The van der Waals surface area contributed by atoms with E-state index in [9.17, 15) is 4.79 Å². The van der Waals surface area contributed by atoms with E-state index in [1.54, 1.807) is 0 Å². The summed E-state index contributed by atoms with van der Waals surface area (Å²) in [6, 6.07) is 4.41. The SMILES string of the molecule is Cc1ccc(CN(C(=O)CN2CCCC3(CC=CCC3)C2)C2CC2)o1. The average molecular weight is 342 g/mol. The second kappa shape index (κ2) is 6.99. The van der Waals surface area contributed by atoms with Gasteiger partial charge >= 0.3 is 0 Å². The number of hydrogen-bond donors (Lipinski definition) is 0. The molecule has 1 aromatic rings. The van der Waals surface area contributed by atoms with Gasteiger partial charge in [0.05, 0.1) is 13.1 Å². The third-order valence-electron chi connectivity index (χ3n) is 6.09. The molecule has 1 unspecified atom stereocenters. The fourth-order valence-electron chi connectivity index (χ4n) is 4.59. The number of allylic oxidation sites excluding steroid dienone is 2. The Bertz CT molecular complexity index is 646. The summed E-state index contributed by atoms with van der Waals surface area (Å²) in [6.07, 6.45) is 13.2. The zero-order valence-electron chi connectivity index (χ0n) is 15.4. The van der Waals surface area contributed by atoms with Crippen LogP contribution in [0.1, 0.15) is 56.5 Å². The first-order valence-corrected chi connectivity index (χ1v) is 9.86. The fraction of sp³-hybridized carbons (Fsp3) is 0.667. The van der Waals surface area contributed by atoms with Gasteiger partial charge < -0.3 is 9.32 Å². The summed E-state index contributed by atoms with van der Waals surface area (Å²) in [7, 11) is 0. The standard InChI is InChI=1S/C21H30N2O2/c1-17-6-9-19(25-17)14-23(18-7-8-18)20(24)15-22-13-5-12-21(16-22)10-3-2-4-11-21/h2-3,6,9,18H,4-5,7-8,10-16H2,1H3. The van der Waals surface area contributed by atoms with Crippen molar-refractivity contribution in [3.05, 3.63) is 35.8 Å². The summed E-state index contributed by atoms with van der Waals surface area (Å²) in [5, 5.41) is 0. The van der Waals surface area contributed by atoms with Crippen LogP contribution < -0.4 is 0 Å². The molecule has 1 atom stereocenters. The van der Waals surface area contributed by atoms with Crippen molar-refractivity contribution >= 4 is 5.91 Å². The van der Waals surface area contributed by atoms with Crippen LogP contribution >= 0.6 is 0 Å². The Morgan fingerprint density at radius 3 is 2.88 bits per heavy atom. The average Bonchev–Trinajstić information content (AvgIpc) is 3.35. The molecular formula is C21H30N2O2. The van der Waals surface area contributed by atoms with Gasteiger partial charge in [-0.25, -0.2) is 0 Å². The molecular weight excluding hydrogens is 312 g/mol. The molecule has 25 heavy (non-hydrogen) atoms. The number of piperidine rings is 1. The highest BCUT2D eigenvalue weighted by molar-refractivity contribution is 5.79. The van der Waals surface area contributed by atoms with Gasteiger partial charge in [0, 0.05) is 12.6 Å². The number of hydrogen-bond acceptors (Lipinski definition) is 3. The number of carbonyl (C=O) groups is 1. The minimum atomic E-state index is 0.278. The lowest BCUT2D eigenvalue weighted by atomic mass is 9.71. The Kier molecular flexibility index (Phi) is 4.72. The van der Waals surface area contributed by atoms with E-state index >= 15 is 0 Å². The van der Waals surface area contributed by atoms with Crippen LogP contribution in [0.2, 0.25) is 0 Å². The Morgan fingerprint density at radius 2 is 2.20 bits per heavy atom. The summed E-state index contributed by atoms with van der Waals surface area (Å²) in [6.45, 7) is 5.30. The van der Waals surface area contributed by atoms with E-state index in [0.29, 0.717) is 24.5 Å². The second-order valence-electron chi connectivity index (χ2n) is 8.29. The number of nitrogens with zero attached hydrogens (tertiary/aromatic N) is 2. The summed E-state index contributed by atoms with van der Waals surface area (Å²) >= 11 is 0. The lowest BCUT2D eigenvalue weighted by Gasteiger charge is -2.44. The zero-order valence-corrected chi connectivity index (χ0v) is 15.4. The lowest BCUT2D eigenvalue weighted by Crippen LogP contribution is -2.48. The van der Waals surface area contributed by atoms with Crippen molar-refractivity contribution in [3.63, 3.8) is 0 Å². The van der Waals surface area contributed by atoms with Gasteiger partial charge in [-0.15, -0.1) is 0 Å². The first kappa shape index (κ1) is 16.9. The second-order valence-corrected chi connectivity index (χ2v) is 8.29. The molecule has 1 amide bonds.